The largest absolute Gasteiger partial charge is 0.462 e. The van der Waals surface area contributed by atoms with Gasteiger partial charge in [0, 0.05) is 19.3 Å². The maximum absolute atomic E-state index is 12.7. The second-order valence-electron chi connectivity index (χ2n) is 16.0. The van der Waals surface area contributed by atoms with E-state index in [0.29, 0.717) is 19.3 Å². The van der Waals surface area contributed by atoms with Gasteiger partial charge in [-0.15, -0.1) is 0 Å². The quantitative estimate of drug-likeness (QED) is 0.0265. The molecule has 0 bridgehead atoms. The number of hydrogen-bond donors (Lipinski definition) is 0. The summed E-state index contributed by atoms with van der Waals surface area (Å²) in [4.78, 5) is 37.8. The molecule has 0 fully saturated rings. The molecule has 0 rings (SSSR count). The minimum atomic E-state index is -0.777. The summed E-state index contributed by atoms with van der Waals surface area (Å²) < 4.78 is 16.7. The van der Waals surface area contributed by atoms with Crippen LogP contribution in [0.15, 0.2) is 36.5 Å². The Hall–Kier alpha value is -2.37. The minimum Gasteiger partial charge on any atom is -0.462 e. The maximum Gasteiger partial charge on any atom is 0.306 e. The number of unbranched alkanes of at least 4 members (excludes halogenated alkanes) is 26. The van der Waals surface area contributed by atoms with E-state index in [0.717, 1.165) is 96.3 Å². The van der Waals surface area contributed by atoms with E-state index in [4.69, 9.17) is 14.2 Å². The fourth-order valence-electron chi connectivity index (χ4n) is 6.71. The first kappa shape index (κ1) is 53.6. The summed E-state index contributed by atoms with van der Waals surface area (Å²) in [5, 5.41) is 0. The number of ether oxygens (including phenoxy) is 3. The molecule has 0 saturated heterocycles. The van der Waals surface area contributed by atoms with E-state index >= 15 is 0 Å². The molecule has 56 heavy (non-hydrogen) atoms. The summed E-state index contributed by atoms with van der Waals surface area (Å²) in [6, 6.07) is 0. The van der Waals surface area contributed by atoms with E-state index in [2.05, 4.69) is 57.2 Å². The minimum absolute atomic E-state index is 0.0777. The standard InChI is InChI=1S/C50H90O6/c1-4-7-10-13-16-19-22-25-28-31-34-37-40-43-49(52)55-46-47(45-54-48(51)42-39-36-33-30-27-24-21-18-15-12-9-6-3)56-50(53)44-41-38-35-32-29-26-23-20-17-14-11-8-5-2/h10,13,19-20,22-23,47H,4-9,11-12,14-18,21,24-46H2,1-3H3/b13-10-,22-19-,23-20-. The first-order valence-electron chi connectivity index (χ1n) is 24.0. The molecule has 1 atom stereocenters. The van der Waals surface area contributed by atoms with Crippen LogP contribution in [0.4, 0.5) is 0 Å². The van der Waals surface area contributed by atoms with E-state index in [-0.39, 0.29) is 31.1 Å². The second-order valence-corrected chi connectivity index (χ2v) is 16.0. The molecule has 0 aromatic rings. The highest BCUT2D eigenvalue weighted by Gasteiger charge is 2.19. The molecule has 1 unspecified atom stereocenters. The Bertz CT molecular complexity index is 953. The Kier molecular flexibility index (Phi) is 43.4. The van der Waals surface area contributed by atoms with Crippen LogP contribution in [0.5, 0.6) is 0 Å². The normalized spacial score (nSPS) is 12.3. The molecule has 326 valence electrons. The monoisotopic (exact) mass is 787 g/mol. The number of hydrogen-bond acceptors (Lipinski definition) is 6. The average Bonchev–Trinajstić information content (AvgIpc) is 3.19. The highest BCUT2D eigenvalue weighted by atomic mass is 16.6. The highest BCUT2D eigenvalue weighted by Crippen LogP contribution is 2.14. The van der Waals surface area contributed by atoms with Gasteiger partial charge in [-0.25, -0.2) is 0 Å². The number of carbonyl (C=O) groups is 3. The van der Waals surface area contributed by atoms with Crippen molar-refractivity contribution in [1.82, 2.24) is 0 Å². The molecule has 0 spiro atoms. The third-order valence-corrected chi connectivity index (χ3v) is 10.3. The van der Waals surface area contributed by atoms with Crippen molar-refractivity contribution in [2.24, 2.45) is 0 Å². The molecule has 6 heteroatoms. The van der Waals surface area contributed by atoms with Gasteiger partial charge in [0.05, 0.1) is 0 Å². The lowest BCUT2D eigenvalue weighted by Crippen LogP contribution is -2.30. The van der Waals surface area contributed by atoms with Gasteiger partial charge in [0.2, 0.25) is 0 Å². The lowest BCUT2D eigenvalue weighted by atomic mass is 10.0. The van der Waals surface area contributed by atoms with Crippen molar-refractivity contribution in [2.45, 2.75) is 252 Å². The van der Waals surface area contributed by atoms with E-state index < -0.39 is 6.10 Å². The van der Waals surface area contributed by atoms with Crippen LogP contribution in [-0.2, 0) is 28.6 Å². The number of rotatable bonds is 43. The molecule has 0 aliphatic rings. The summed E-state index contributed by atoms with van der Waals surface area (Å²) in [7, 11) is 0. The van der Waals surface area contributed by atoms with E-state index in [1.54, 1.807) is 0 Å². The third-order valence-electron chi connectivity index (χ3n) is 10.3. The van der Waals surface area contributed by atoms with Gasteiger partial charge in [-0.3, -0.25) is 14.4 Å². The number of esters is 3. The van der Waals surface area contributed by atoms with Crippen LogP contribution in [0.25, 0.3) is 0 Å². The smallest absolute Gasteiger partial charge is 0.306 e. The van der Waals surface area contributed by atoms with E-state index in [1.807, 2.05) is 0 Å². The molecular formula is C50H90O6. The average molecular weight is 787 g/mol. The van der Waals surface area contributed by atoms with Crippen molar-refractivity contribution in [3.8, 4) is 0 Å². The van der Waals surface area contributed by atoms with Crippen molar-refractivity contribution in [2.75, 3.05) is 13.2 Å². The van der Waals surface area contributed by atoms with Crippen molar-refractivity contribution in [3.63, 3.8) is 0 Å². The van der Waals surface area contributed by atoms with Gasteiger partial charge >= 0.3 is 17.9 Å². The predicted octanol–water partition coefficient (Wildman–Crippen LogP) is 15.4. The molecule has 0 amide bonds. The third kappa shape index (κ3) is 42.8. The highest BCUT2D eigenvalue weighted by molar-refractivity contribution is 5.71. The van der Waals surface area contributed by atoms with Crippen LogP contribution in [0.3, 0.4) is 0 Å². The van der Waals surface area contributed by atoms with Gasteiger partial charge < -0.3 is 14.2 Å². The first-order valence-corrected chi connectivity index (χ1v) is 24.0. The molecule has 0 aliphatic heterocycles. The van der Waals surface area contributed by atoms with Crippen LogP contribution in [0.1, 0.15) is 245 Å². The zero-order chi connectivity index (χ0) is 40.8. The number of carbonyl (C=O) groups excluding carboxylic acids is 3. The van der Waals surface area contributed by atoms with Crippen LogP contribution in [0, 0.1) is 0 Å². The Labute approximate surface area is 346 Å². The topological polar surface area (TPSA) is 78.9 Å². The number of allylic oxidation sites excluding steroid dienone is 6. The van der Waals surface area contributed by atoms with Crippen LogP contribution in [0.2, 0.25) is 0 Å². The van der Waals surface area contributed by atoms with Crippen LogP contribution < -0.4 is 0 Å². The molecule has 0 saturated carbocycles. The van der Waals surface area contributed by atoms with Gasteiger partial charge in [-0.1, -0.05) is 192 Å². The molecule has 0 aliphatic carbocycles. The summed E-state index contributed by atoms with van der Waals surface area (Å²) in [6.07, 6.45) is 51.2. The zero-order valence-corrected chi connectivity index (χ0v) is 37.2. The first-order chi connectivity index (χ1) is 27.5. The lowest BCUT2D eigenvalue weighted by molar-refractivity contribution is -0.167. The Morgan fingerprint density at radius 2 is 0.679 bits per heavy atom. The van der Waals surface area contributed by atoms with Crippen LogP contribution >= 0.6 is 0 Å². The summed E-state index contributed by atoms with van der Waals surface area (Å²) in [5.41, 5.74) is 0. The second kappa shape index (κ2) is 45.3. The lowest BCUT2D eigenvalue weighted by Gasteiger charge is -2.18. The molecular weight excluding hydrogens is 697 g/mol. The van der Waals surface area contributed by atoms with Crippen molar-refractivity contribution in [1.29, 1.82) is 0 Å². The molecule has 0 N–H and O–H groups in total. The SMILES string of the molecule is CCC/C=C\C/C=C\CCCCCCCC(=O)OCC(COC(=O)CCCCCCCCCCCCCC)OC(=O)CCCCCCC/C=C\CCCCCC. The van der Waals surface area contributed by atoms with Gasteiger partial charge in [-0.05, 0) is 70.6 Å². The van der Waals surface area contributed by atoms with Crippen LogP contribution in [-0.4, -0.2) is 37.2 Å². The molecule has 0 aromatic heterocycles. The summed E-state index contributed by atoms with van der Waals surface area (Å²) in [6.45, 7) is 6.54. The fraction of sp³-hybridized carbons (Fsp3) is 0.820. The van der Waals surface area contributed by atoms with Crippen molar-refractivity contribution in [3.05, 3.63) is 36.5 Å². The summed E-state index contributed by atoms with van der Waals surface area (Å²) >= 11 is 0. The van der Waals surface area contributed by atoms with E-state index in [1.165, 1.54) is 109 Å². The Balaban J connectivity index is 4.39. The fourth-order valence-corrected chi connectivity index (χ4v) is 6.71. The van der Waals surface area contributed by atoms with Gasteiger partial charge in [0.15, 0.2) is 6.10 Å². The Morgan fingerprint density at radius 3 is 1.09 bits per heavy atom. The maximum atomic E-state index is 12.7. The van der Waals surface area contributed by atoms with Gasteiger partial charge in [-0.2, -0.15) is 0 Å². The summed E-state index contributed by atoms with van der Waals surface area (Å²) in [5.74, 6) is -0.897. The van der Waals surface area contributed by atoms with Crippen molar-refractivity contribution < 1.29 is 28.6 Å². The Morgan fingerprint density at radius 1 is 0.357 bits per heavy atom. The molecule has 6 nitrogen and oxygen atoms in total. The van der Waals surface area contributed by atoms with E-state index in [9.17, 15) is 14.4 Å². The van der Waals surface area contributed by atoms with Crippen molar-refractivity contribution >= 4 is 17.9 Å². The molecule has 0 aromatic carbocycles. The zero-order valence-electron chi connectivity index (χ0n) is 37.2. The predicted molar refractivity (Wildman–Crippen MR) is 238 cm³/mol. The van der Waals surface area contributed by atoms with Gasteiger partial charge in [0.25, 0.3) is 0 Å². The molecule has 0 radical (unpaired) electrons. The molecule has 0 heterocycles. The van der Waals surface area contributed by atoms with Gasteiger partial charge in [0.1, 0.15) is 13.2 Å².